The van der Waals surface area contributed by atoms with Crippen LogP contribution < -0.4 is 10.6 Å². The minimum absolute atomic E-state index is 0.335. The van der Waals surface area contributed by atoms with Crippen LogP contribution in [0.5, 0.6) is 0 Å². The smallest absolute Gasteiger partial charge is 0.258 e. The highest BCUT2D eigenvalue weighted by Crippen LogP contribution is 2.24. The van der Waals surface area contributed by atoms with E-state index in [0.29, 0.717) is 22.2 Å². The standard InChI is InChI=1S/C20H14ClN5O/c21-15-8-2-1-7-14(15)20(27)24-18-11-10-17(25-26-18)23-16-9-3-5-13-6-4-12-22-19(13)16/h1-12H,(H,23,25)(H,24,26,27). The maximum absolute atomic E-state index is 12.3. The number of nitrogens with zero attached hydrogens (tertiary/aromatic N) is 3. The molecule has 6 nitrogen and oxygen atoms in total. The molecule has 0 saturated carbocycles. The number of nitrogens with one attached hydrogen (secondary N) is 2. The van der Waals surface area contributed by atoms with Crippen LogP contribution in [0.2, 0.25) is 5.02 Å². The van der Waals surface area contributed by atoms with Gasteiger partial charge in [-0.3, -0.25) is 9.78 Å². The number of carbonyl (C=O) groups excluding carboxylic acids is 1. The fraction of sp³-hybridized carbons (Fsp3) is 0. The summed E-state index contributed by atoms with van der Waals surface area (Å²) in [4.78, 5) is 16.7. The van der Waals surface area contributed by atoms with E-state index in [1.54, 1.807) is 42.6 Å². The summed E-state index contributed by atoms with van der Waals surface area (Å²) in [5, 5.41) is 15.4. The zero-order valence-corrected chi connectivity index (χ0v) is 14.8. The molecule has 0 spiro atoms. The maximum atomic E-state index is 12.3. The second kappa shape index (κ2) is 7.39. The summed E-state index contributed by atoms with van der Waals surface area (Å²) in [6, 6.07) is 20.0. The van der Waals surface area contributed by atoms with Crippen molar-refractivity contribution in [3.8, 4) is 0 Å². The Bertz CT molecular complexity index is 1110. The van der Waals surface area contributed by atoms with Crippen LogP contribution in [-0.4, -0.2) is 21.1 Å². The number of hydrogen-bond acceptors (Lipinski definition) is 5. The van der Waals surface area contributed by atoms with Gasteiger partial charge >= 0.3 is 0 Å². The Morgan fingerprint density at radius 2 is 1.63 bits per heavy atom. The highest BCUT2D eigenvalue weighted by atomic mass is 35.5. The van der Waals surface area contributed by atoms with Crippen molar-refractivity contribution < 1.29 is 4.79 Å². The average Bonchev–Trinajstić information content (AvgIpc) is 2.70. The van der Waals surface area contributed by atoms with Crippen LogP contribution in [0, 0.1) is 0 Å². The van der Waals surface area contributed by atoms with Crippen LogP contribution >= 0.6 is 11.6 Å². The molecule has 2 heterocycles. The molecule has 0 unspecified atom stereocenters. The summed E-state index contributed by atoms with van der Waals surface area (Å²) < 4.78 is 0. The van der Waals surface area contributed by atoms with Gasteiger partial charge in [0.2, 0.25) is 0 Å². The Labute approximate surface area is 160 Å². The predicted octanol–water partition coefficient (Wildman–Crippen LogP) is 4.67. The quantitative estimate of drug-likeness (QED) is 0.541. The second-order valence-electron chi connectivity index (χ2n) is 5.74. The number of rotatable bonds is 4. The molecule has 7 heteroatoms. The molecule has 2 aromatic carbocycles. The number of anilines is 3. The molecule has 0 aliphatic carbocycles. The molecule has 27 heavy (non-hydrogen) atoms. The molecular formula is C20H14ClN5O. The number of hydrogen-bond donors (Lipinski definition) is 2. The molecule has 0 fully saturated rings. The third-order valence-corrected chi connectivity index (χ3v) is 4.25. The summed E-state index contributed by atoms with van der Waals surface area (Å²) in [5.74, 6) is 0.541. The largest absolute Gasteiger partial charge is 0.337 e. The van der Waals surface area contributed by atoms with Crippen LogP contribution in [0.25, 0.3) is 10.9 Å². The molecule has 0 bridgehead atoms. The number of fused-ring (bicyclic) bond motifs is 1. The lowest BCUT2D eigenvalue weighted by atomic mass is 10.2. The fourth-order valence-electron chi connectivity index (χ4n) is 2.64. The summed E-state index contributed by atoms with van der Waals surface area (Å²) in [7, 11) is 0. The number of aromatic nitrogens is 3. The van der Waals surface area contributed by atoms with Crippen molar-refractivity contribution in [1.29, 1.82) is 0 Å². The zero-order valence-electron chi connectivity index (χ0n) is 14.1. The van der Waals surface area contributed by atoms with Gasteiger partial charge in [0.15, 0.2) is 11.6 Å². The number of carbonyl (C=O) groups is 1. The van der Waals surface area contributed by atoms with Crippen molar-refractivity contribution in [2.45, 2.75) is 0 Å². The van der Waals surface area contributed by atoms with Gasteiger partial charge in [0.1, 0.15) is 0 Å². The molecule has 0 aliphatic heterocycles. The van der Waals surface area contributed by atoms with E-state index < -0.39 is 0 Å². The van der Waals surface area contributed by atoms with Crippen LogP contribution in [-0.2, 0) is 0 Å². The van der Waals surface area contributed by atoms with E-state index in [9.17, 15) is 4.79 Å². The van der Waals surface area contributed by atoms with E-state index in [4.69, 9.17) is 11.6 Å². The first-order chi connectivity index (χ1) is 13.2. The number of pyridine rings is 1. The highest BCUT2D eigenvalue weighted by Gasteiger charge is 2.11. The number of benzene rings is 2. The van der Waals surface area contributed by atoms with Crippen molar-refractivity contribution in [2.24, 2.45) is 0 Å². The Hall–Kier alpha value is -3.51. The Kier molecular flexibility index (Phi) is 4.63. The van der Waals surface area contributed by atoms with E-state index >= 15 is 0 Å². The second-order valence-corrected chi connectivity index (χ2v) is 6.15. The third-order valence-electron chi connectivity index (χ3n) is 3.92. The van der Waals surface area contributed by atoms with Gasteiger partial charge in [-0.15, -0.1) is 10.2 Å². The van der Waals surface area contributed by atoms with Crippen LogP contribution in [0.4, 0.5) is 17.3 Å². The molecule has 0 saturated heterocycles. The minimum Gasteiger partial charge on any atom is -0.337 e. The molecule has 0 aliphatic rings. The first kappa shape index (κ1) is 16.9. The van der Waals surface area contributed by atoms with Gasteiger partial charge in [0.25, 0.3) is 5.91 Å². The van der Waals surface area contributed by atoms with Gasteiger partial charge in [0.05, 0.1) is 21.8 Å². The molecule has 4 aromatic rings. The van der Waals surface area contributed by atoms with E-state index in [0.717, 1.165) is 16.6 Å². The van der Waals surface area contributed by atoms with Crippen molar-refractivity contribution in [1.82, 2.24) is 15.2 Å². The van der Waals surface area contributed by atoms with Gasteiger partial charge in [-0.2, -0.15) is 0 Å². The monoisotopic (exact) mass is 375 g/mol. The van der Waals surface area contributed by atoms with Gasteiger partial charge in [-0.25, -0.2) is 0 Å². The first-order valence-electron chi connectivity index (χ1n) is 8.21. The van der Waals surface area contributed by atoms with Crippen LogP contribution in [0.15, 0.2) is 72.9 Å². The normalized spacial score (nSPS) is 10.6. The Morgan fingerprint density at radius 3 is 2.44 bits per heavy atom. The Morgan fingerprint density at radius 1 is 0.852 bits per heavy atom. The lowest BCUT2D eigenvalue weighted by molar-refractivity contribution is 0.102. The van der Waals surface area contributed by atoms with E-state index in [1.165, 1.54) is 0 Å². The predicted molar refractivity (Wildman–Crippen MR) is 106 cm³/mol. The number of para-hydroxylation sites is 1. The molecule has 0 radical (unpaired) electrons. The summed E-state index contributed by atoms with van der Waals surface area (Å²) in [5.41, 5.74) is 2.05. The van der Waals surface area contributed by atoms with Gasteiger partial charge in [-0.1, -0.05) is 41.9 Å². The fourth-order valence-corrected chi connectivity index (χ4v) is 2.86. The molecule has 1 amide bonds. The highest BCUT2D eigenvalue weighted by molar-refractivity contribution is 6.34. The van der Waals surface area contributed by atoms with Gasteiger partial charge in [0, 0.05) is 11.6 Å². The zero-order chi connectivity index (χ0) is 18.6. The maximum Gasteiger partial charge on any atom is 0.258 e. The average molecular weight is 376 g/mol. The molecule has 2 aromatic heterocycles. The molecule has 132 valence electrons. The van der Waals surface area contributed by atoms with Crippen LogP contribution in [0.3, 0.4) is 0 Å². The third kappa shape index (κ3) is 3.70. The minimum atomic E-state index is -0.339. The Balaban J connectivity index is 1.51. The van der Waals surface area contributed by atoms with Crippen molar-refractivity contribution in [3.63, 3.8) is 0 Å². The van der Waals surface area contributed by atoms with Gasteiger partial charge in [-0.05, 0) is 36.4 Å². The van der Waals surface area contributed by atoms with E-state index in [1.807, 2.05) is 30.3 Å². The first-order valence-corrected chi connectivity index (χ1v) is 8.59. The summed E-state index contributed by atoms with van der Waals surface area (Å²) in [6.45, 7) is 0. The molecular weight excluding hydrogens is 362 g/mol. The van der Waals surface area contributed by atoms with Crippen LogP contribution in [0.1, 0.15) is 10.4 Å². The molecule has 4 rings (SSSR count). The van der Waals surface area contributed by atoms with Crippen molar-refractivity contribution in [3.05, 3.63) is 83.5 Å². The van der Waals surface area contributed by atoms with Crippen molar-refractivity contribution in [2.75, 3.05) is 10.6 Å². The summed E-state index contributed by atoms with van der Waals surface area (Å²) >= 11 is 6.04. The van der Waals surface area contributed by atoms with E-state index in [2.05, 4.69) is 25.8 Å². The lowest BCUT2D eigenvalue weighted by Gasteiger charge is -2.09. The van der Waals surface area contributed by atoms with E-state index in [-0.39, 0.29) is 5.91 Å². The van der Waals surface area contributed by atoms with Crippen molar-refractivity contribution >= 4 is 45.7 Å². The molecule has 0 atom stereocenters. The summed E-state index contributed by atoms with van der Waals surface area (Å²) in [6.07, 6.45) is 1.74. The molecule has 2 N–H and O–H groups in total. The van der Waals surface area contributed by atoms with Gasteiger partial charge < -0.3 is 10.6 Å². The SMILES string of the molecule is O=C(Nc1ccc(Nc2cccc3cccnc23)nn1)c1ccccc1Cl. The lowest BCUT2D eigenvalue weighted by Crippen LogP contribution is -2.14. The number of halogens is 1. The topological polar surface area (TPSA) is 79.8 Å². The number of amides is 1.